The summed E-state index contributed by atoms with van der Waals surface area (Å²) in [5, 5.41) is 23.6. The van der Waals surface area contributed by atoms with Crippen molar-refractivity contribution in [1.29, 1.82) is 0 Å². The largest absolute Gasteiger partial charge is 0.573 e. The summed E-state index contributed by atoms with van der Waals surface area (Å²) in [6.45, 7) is 3.37. The van der Waals surface area contributed by atoms with Gasteiger partial charge in [-0.3, -0.25) is 4.79 Å². The number of aliphatic hydroxyl groups is 2. The molecule has 13 heteroatoms. The maximum atomic E-state index is 14.9. The lowest BCUT2D eigenvalue weighted by molar-refractivity contribution is -0.274. The zero-order chi connectivity index (χ0) is 38.1. The molecule has 4 unspecified atom stereocenters. The number of Topliss-reactive ketones (excluding diaryl/α,β-unsaturated/α-hetero) is 1. The number of benzene rings is 3. The summed E-state index contributed by atoms with van der Waals surface area (Å²) in [6.07, 6.45) is 0.204. The molecule has 0 amide bonds. The van der Waals surface area contributed by atoms with Crippen LogP contribution in [0.5, 0.6) is 5.75 Å². The summed E-state index contributed by atoms with van der Waals surface area (Å²) in [6, 6.07) is 14.5. The normalized spacial score (nSPS) is 24.3. The average Bonchev–Trinajstić information content (AvgIpc) is 3.30. The number of nitrogens with zero attached hydrogens (tertiary/aromatic N) is 1. The molecular weight excluding hydrogens is 722 g/mol. The van der Waals surface area contributed by atoms with E-state index in [9.17, 15) is 41.0 Å². The third-order valence-electron chi connectivity index (χ3n) is 10.8. The molecule has 0 spiro atoms. The third kappa shape index (κ3) is 9.25. The van der Waals surface area contributed by atoms with E-state index in [0.29, 0.717) is 55.2 Å². The minimum absolute atomic E-state index is 0.0630. The van der Waals surface area contributed by atoms with Gasteiger partial charge in [0, 0.05) is 41.1 Å². The minimum atomic E-state index is -4.88. The van der Waals surface area contributed by atoms with Crippen LogP contribution in [0.2, 0.25) is 5.02 Å². The van der Waals surface area contributed by atoms with E-state index in [-0.39, 0.29) is 42.3 Å². The Morgan fingerprint density at radius 2 is 1.79 bits per heavy atom. The second kappa shape index (κ2) is 15.6. The maximum Gasteiger partial charge on any atom is 0.573 e. The van der Waals surface area contributed by atoms with Crippen molar-refractivity contribution in [2.75, 3.05) is 12.8 Å². The smallest absolute Gasteiger partial charge is 0.406 e. The fraction of sp³-hybridized carbons (Fsp3) is 0.462. The van der Waals surface area contributed by atoms with Gasteiger partial charge in [-0.25, -0.2) is 12.8 Å². The number of fused-ring (bicyclic) bond motifs is 8. The maximum absolute atomic E-state index is 14.9. The first-order valence-electron chi connectivity index (χ1n) is 17.2. The van der Waals surface area contributed by atoms with Crippen LogP contribution in [-0.2, 0) is 29.4 Å². The SMILES string of the molecule is CC1=CCCC2(C)C(CCC2(O)CN(Cc2ccc(OC(F)(F)F)cc2)S(C)(=O)=O)c2ccc(cc2C(=O)Cc2c(F)cccc2Cl)CC(O)CC1. The molecule has 1 fully saturated rings. The van der Waals surface area contributed by atoms with Gasteiger partial charge in [-0.05, 0) is 105 Å². The van der Waals surface area contributed by atoms with E-state index in [2.05, 4.69) is 10.8 Å². The van der Waals surface area contributed by atoms with Crippen LogP contribution < -0.4 is 4.74 Å². The molecule has 2 N–H and O–H groups in total. The number of sulfonamides is 1. The Morgan fingerprint density at radius 3 is 2.44 bits per heavy atom. The first-order valence-corrected chi connectivity index (χ1v) is 19.5. The molecule has 6 rings (SSSR count). The number of ether oxygens (including phenoxy) is 1. The number of carbonyl (C=O) groups is 1. The van der Waals surface area contributed by atoms with Crippen LogP contribution in [0.4, 0.5) is 17.6 Å². The van der Waals surface area contributed by atoms with Crippen molar-refractivity contribution in [2.45, 2.75) is 95.7 Å². The first kappa shape index (κ1) is 39.9. The lowest BCUT2D eigenvalue weighted by Crippen LogP contribution is -2.53. The number of ketones is 1. The second-order valence-corrected chi connectivity index (χ2v) is 16.9. The van der Waals surface area contributed by atoms with Gasteiger partial charge in [0.05, 0.1) is 18.0 Å². The van der Waals surface area contributed by atoms with E-state index in [4.69, 9.17) is 11.6 Å². The predicted octanol–water partition coefficient (Wildman–Crippen LogP) is 8.30. The number of carbonyl (C=O) groups excluding carboxylic acids is 1. The highest BCUT2D eigenvalue weighted by Crippen LogP contribution is 2.59. The van der Waals surface area contributed by atoms with Crippen molar-refractivity contribution in [1.82, 2.24) is 4.31 Å². The Morgan fingerprint density at radius 1 is 1.08 bits per heavy atom. The van der Waals surface area contributed by atoms with Gasteiger partial charge in [0.15, 0.2) is 5.78 Å². The third-order valence-corrected chi connectivity index (χ3v) is 12.3. The van der Waals surface area contributed by atoms with E-state index >= 15 is 0 Å². The second-order valence-electron chi connectivity index (χ2n) is 14.5. The molecule has 7 nitrogen and oxygen atoms in total. The molecule has 3 aromatic rings. The Balaban J connectivity index is 1.55. The van der Waals surface area contributed by atoms with Gasteiger partial charge in [0.1, 0.15) is 11.6 Å². The minimum Gasteiger partial charge on any atom is -0.406 e. The van der Waals surface area contributed by atoms with E-state index in [1.54, 1.807) is 6.07 Å². The molecule has 4 atom stereocenters. The zero-order valence-electron chi connectivity index (χ0n) is 29.3. The molecule has 1 saturated carbocycles. The Bertz CT molecular complexity index is 1900. The fourth-order valence-electron chi connectivity index (χ4n) is 7.78. The van der Waals surface area contributed by atoms with Gasteiger partial charge in [0.25, 0.3) is 0 Å². The van der Waals surface area contributed by atoms with Crippen molar-refractivity contribution in [3.8, 4) is 5.75 Å². The molecule has 0 radical (unpaired) electrons. The molecule has 52 heavy (non-hydrogen) atoms. The van der Waals surface area contributed by atoms with Crippen LogP contribution in [0.1, 0.15) is 90.9 Å². The topological polar surface area (TPSA) is 104 Å². The summed E-state index contributed by atoms with van der Waals surface area (Å²) in [5.74, 6) is -1.86. The summed E-state index contributed by atoms with van der Waals surface area (Å²) in [7, 11) is -3.94. The van der Waals surface area contributed by atoms with Crippen LogP contribution >= 0.6 is 11.6 Å². The lowest BCUT2D eigenvalue weighted by Gasteiger charge is -2.45. The van der Waals surface area contributed by atoms with Gasteiger partial charge < -0.3 is 14.9 Å². The molecule has 0 aromatic heterocycles. The van der Waals surface area contributed by atoms with Crippen LogP contribution in [0.3, 0.4) is 0 Å². The van der Waals surface area contributed by atoms with Gasteiger partial charge in [-0.15, -0.1) is 13.2 Å². The molecule has 0 heterocycles. The summed E-state index contributed by atoms with van der Waals surface area (Å²) >= 11 is 6.31. The van der Waals surface area contributed by atoms with Crippen LogP contribution in [-0.4, -0.2) is 59.6 Å². The van der Waals surface area contributed by atoms with Gasteiger partial charge in [-0.1, -0.05) is 60.5 Å². The van der Waals surface area contributed by atoms with Crippen molar-refractivity contribution in [3.63, 3.8) is 0 Å². The molecule has 3 aliphatic rings. The Hall–Kier alpha value is -3.29. The van der Waals surface area contributed by atoms with E-state index in [0.717, 1.165) is 33.8 Å². The van der Waals surface area contributed by atoms with Gasteiger partial charge >= 0.3 is 6.36 Å². The summed E-state index contributed by atoms with van der Waals surface area (Å²) in [5.41, 5.74) is 0.643. The highest BCUT2D eigenvalue weighted by atomic mass is 35.5. The zero-order valence-corrected chi connectivity index (χ0v) is 30.9. The van der Waals surface area contributed by atoms with Gasteiger partial charge in [0.2, 0.25) is 10.0 Å². The van der Waals surface area contributed by atoms with Crippen molar-refractivity contribution in [3.05, 3.63) is 111 Å². The first-order chi connectivity index (χ1) is 24.3. The molecule has 0 saturated heterocycles. The fourth-order valence-corrected chi connectivity index (χ4v) is 8.84. The monoisotopic (exact) mass is 765 g/mol. The average molecular weight is 766 g/mol. The highest BCUT2D eigenvalue weighted by Gasteiger charge is 2.58. The van der Waals surface area contributed by atoms with E-state index in [1.807, 2.05) is 26.0 Å². The highest BCUT2D eigenvalue weighted by molar-refractivity contribution is 7.88. The quantitative estimate of drug-likeness (QED) is 0.129. The Labute approximate surface area is 307 Å². The Kier molecular flexibility index (Phi) is 12.0. The van der Waals surface area contributed by atoms with E-state index in [1.165, 1.54) is 30.3 Å². The number of hydrogen-bond donors (Lipinski definition) is 2. The van der Waals surface area contributed by atoms with E-state index < -0.39 is 51.0 Å². The number of aliphatic hydroxyl groups excluding tert-OH is 1. The molecule has 0 aliphatic heterocycles. The predicted molar refractivity (Wildman–Crippen MR) is 191 cm³/mol. The van der Waals surface area contributed by atoms with Crippen LogP contribution in [0.25, 0.3) is 0 Å². The number of allylic oxidation sites excluding steroid dienone is 2. The van der Waals surface area contributed by atoms with Crippen LogP contribution in [0, 0.1) is 11.2 Å². The number of halogens is 5. The lowest BCUT2D eigenvalue weighted by atomic mass is 9.64. The van der Waals surface area contributed by atoms with Gasteiger partial charge in [-0.2, -0.15) is 4.31 Å². The molecular formula is C39H44ClF4NO6S. The van der Waals surface area contributed by atoms with Crippen LogP contribution in [0.15, 0.2) is 72.3 Å². The van der Waals surface area contributed by atoms with Crippen molar-refractivity contribution < 1.29 is 45.7 Å². The standard InChI is InChI=1S/C39H44ClF4NO6S/c1-25-6-5-18-37(2)33(17-19-38(37,48)24-45(52(3,49)50)23-26-10-14-29(15-11-26)51-39(42,43)44)30-16-12-27(20-28(46)13-9-25)21-31(30)36(47)22-32-34(40)7-4-8-35(32)41/h4,6-8,10-12,14-16,21,28,33,46,48H,5,9,13,17-20,22-24H2,1-3H3. The number of hydrogen-bond acceptors (Lipinski definition) is 6. The van der Waals surface area contributed by atoms with Crippen molar-refractivity contribution in [2.24, 2.45) is 5.41 Å². The van der Waals surface area contributed by atoms with Crippen molar-refractivity contribution >= 4 is 27.4 Å². The molecule has 3 aliphatic carbocycles. The number of alkyl halides is 3. The number of rotatable bonds is 9. The summed E-state index contributed by atoms with van der Waals surface area (Å²) in [4.78, 5) is 14.1. The summed E-state index contributed by atoms with van der Waals surface area (Å²) < 4.78 is 84.6. The molecule has 282 valence electrons. The molecule has 2 bridgehead atoms. The molecule has 3 aromatic carbocycles.